The lowest BCUT2D eigenvalue weighted by atomic mass is 10.1. The van der Waals surface area contributed by atoms with Crippen LogP contribution in [0.1, 0.15) is 17.3 Å². The molecular weight excluding hydrogens is 220 g/mol. The molecule has 1 aromatic carbocycles. The Kier molecular flexibility index (Phi) is 2.74. The van der Waals surface area contributed by atoms with Gasteiger partial charge in [0.2, 0.25) is 5.91 Å². The smallest absolute Gasteiger partial charge is 0.336 e. The van der Waals surface area contributed by atoms with E-state index in [1.807, 2.05) is 0 Å². The first-order valence-corrected chi connectivity index (χ1v) is 4.98. The van der Waals surface area contributed by atoms with Gasteiger partial charge in [-0.2, -0.15) is 0 Å². The maximum Gasteiger partial charge on any atom is 0.336 e. The van der Waals surface area contributed by atoms with Crippen molar-refractivity contribution < 1.29 is 14.7 Å². The number of carboxylic acid groups (broad SMARTS) is 1. The lowest BCUT2D eigenvalue weighted by molar-refractivity contribution is -0.114. The number of carbonyl (C=O) groups excluding carboxylic acids is 1. The first-order chi connectivity index (χ1) is 8.09. The van der Waals surface area contributed by atoms with E-state index in [2.05, 4.69) is 10.3 Å². The molecule has 2 rings (SSSR count). The molecule has 0 atom stereocenters. The molecule has 0 radical (unpaired) electrons. The Labute approximate surface area is 97.1 Å². The summed E-state index contributed by atoms with van der Waals surface area (Å²) in [4.78, 5) is 26.2. The maximum absolute atomic E-state index is 11.0. The number of hydrogen-bond donors (Lipinski definition) is 2. The molecule has 2 N–H and O–H groups in total. The number of amides is 1. The number of nitrogens with one attached hydrogen (secondary N) is 1. The van der Waals surface area contributed by atoms with E-state index in [0.29, 0.717) is 16.6 Å². The minimum atomic E-state index is -1.02. The van der Waals surface area contributed by atoms with Gasteiger partial charge in [0, 0.05) is 18.5 Å². The van der Waals surface area contributed by atoms with Gasteiger partial charge >= 0.3 is 5.97 Å². The normalized spacial score (nSPS) is 10.2. The number of rotatable bonds is 2. The minimum Gasteiger partial charge on any atom is -0.478 e. The lowest BCUT2D eigenvalue weighted by Gasteiger charge is -2.08. The Morgan fingerprint density at radius 1 is 1.29 bits per heavy atom. The summed E-state index contributed by atoms with van der Waals surface area (Å²) in [5, 5.41) is 12.2. The first-order valence-electron chi connectivity index (χ1n) is 4.98. The van der Waals surface area contributed by atoms with Crippen LogP contribution in [0, 0.1) is 0 Å². The first kappa shape index (κ1) is 11.1. The van der Waals surface area contributed by atoms with Gasteiger partial charge in [0.1, 0.15) is 0 Å². The number of nitrogens with zero attached hydrogens (tertiary/aromatic N) is 1. The molecule has 1 aromatic heterocycles. The Balaban J connectivity index is 2.70. The van der Waals surface area contributed by atoms with E-state index in [1.165, 1.54) is 13.0 Å². The predicted octanol–water partition coefficient (Wildman–Crippen LogP) is 1.89. The summed E-state index contributed by atoms with van der Waals surface area (Å²) in [6.45, 7) is 1.39. The summed E-state index contributed by atoms with van der Waals surface area (Å²) in [6, 6.07) is 6.32. The molecule has 0 aliphatic rings. The van der Waals surface area contributed by atoms with E-state index in [1.54, 1.807) is 24.4 Å². The number of pyridine rings is 1. The van der Waals surface area contributed by atoms with Crippen molar-refractivity contribution in [3.8, 4) is 0 Å². The van der Waals surface area contributed by atoms with Crippen molar-refractivity contribution in [1.29, 1.82) is 0 Å². The molecule has 86 valence electrons. The highest BCUT2D eigenvalue weighted by atomic mass is 16.4. The third kappa shape index (κ3) is 2.08. The van der Waals surface area contributed by atoms with Crippen LogP contribution in [0.4, 0.5) is 5.69 Å². The second-order valence-electron chi connectivity index (χ2n) is 3.55. The molecule has 1 heterocycles. The topological polar surface area (TPSA) is 79.3 Å². The molecule has 5 nitrogen and oxygen atoms in total. The Morgan fingerprint density at radius 3 is 2.71 bits per heavy atom. The van der Waals surface area contributed by atoms with Crippen molar-refractivity contribution in [2.45, 2.75) is 6.92 Å². The summed E-state index contributed by atoms with van der Waals surface area (Å²) >= 11 is 0. The van der Waals surface area contributed by atoms with Crippen LogP contribution in [0.15, 0.2) is 30.5 Å². The van der Waals surface area contributed by atoms with Gasteiger partial charge in [-0.25, -0.2) is 4.79 Å². The van der Waals surface area contributed by atoms with Crippen molar-refractivity contribution in [2.24, 2.45) is 0 Å². The van der Waals surface area contributed by atoms with Crippen LogP contribution >= 0.6 is 0 Å². The van der Waals surface area contributed by atoms with Crippen molar-refractivity contribution in [3.63, 3.8) is 0 Å². The van der Waals surface area contributed by atoms with Crippen molar-refractivity contribution in [1.82, 2.24) is 4.98 Å². The summed E-state index contributed by atoms with van der Waals surface area (Å²) in [7, 11) is 0. The number of anilines is 1. The quantitative estimate of drug-likeness (QED) is 0.825. The predicted molar refractivity (Wildman–Crippen MR) is 63.0 cm³/mol. The lowest BCUT2D eigenvalue weighted by Crippen LogP contribution is -2.08. The fourth-order valence-electron chi connectivity index (χ4n) is 1.65. The number of benzene rings is 1. The maximum atomic E-state index is 11.0. The molecule has 0 unspecified atom stereocenters. The molecular formula is C12H10N2O3. The molecule has 0 saturated heterocycles. The molecule has 5 heteroatoms. The summed E-state index contributed by atoms with van der Waals surface area (Å²) in [5.74, 6) is -1.24. The van der Waals surface area contributed by atoms with Gasteiger partial charge in [0.05, 0.1) is 16.8 Å². The number of carbonyl (C=O) groups is 2. The van der Waals surface area contributed by atoms with Crippen LogP contribution in [-0.2, 0) is 4.79 Å². The van der Waals surface area contributed by atoms with Gasteiger partial charge in [0.25, 0.3) is 0 Å². The van der Waals surface area contributed by atoms with E-state index in [4.69, 9.17) is 5.11 Å². The number of fused-ring (bicyclic) bond motifs is 1. The van der Waals surface area contributed by atoms with Crippen LogP contribution in [0.25, 0.3) is 10.9 Å². The standard InChI is InChI=1S/C12H10N2O3/c1-7(15)14-10-5-4-9(12(16)17)8-3-2-6-13-11(8)10/h2-6H,1H3,(H,14,15)(H,16,17). The van der Waals surface area contributed by atoms with Gasteiger partial charge < -0.3 is 10.4 Å². The zero-order valence-corrected chi connectivity index (χ0v) is 9.10. The summed E-state index contributed by atoms with van der Waals surface area (Å²) in [6.07, 6.45) is 1.55. The van der Waals surface area contributed by atoms with Crippen molar-refractivity contribution in [3.05, 3.63) is 36.0 Å². The fraction of sp³-hybridized carbons (Fsp3) is 0.0833. The van der Waals surface area contributed by atoms with Crippen LogP contribution in [0.5, 0.6) is 0 Å². The molecule has 0 bridgehead atoms. The van der Waals surface area contributed by atoms with Crippen molar-refractivity contribution >= 4 is 28.5 Å². The number of aromatic nitrogens is 1. The molecule has 17 heavy (non-hydrogen) atoms. The molecule has 0 aliphatic heterocycles. The average Bonchev–Trinajstić information content (AvgIpc) is 2.28. The van der Waals surface area contributed by atoms with E-state index >= 15 is 0 Å². The van der Waals surface area contributed by atoms with Gasteiger partial charge in [-0.3, -0.25) is 9.78 Å². The highest BCUT2D eigenvalue weighted by Crippen LogP contribution is 2.24. The second kappa shape index (κ2) is 4.21. The summed E-state index contributed by atoms with van der Waals surface area (Å²) in [5.41, 5.74) is 1.16. The van der Waals surface area contributed by atoms with Crippen LogP contribution in [0.3, 0.4) is 0 Å². The average molecular weight is 230 g/mol. The largest absolute Gasteiger partial charge is 0.478 e. The van der Waals surface area contributed by atoms with Crippen LogP contribution < -0.4 is 5.32 Å². The monoisotopic (exact) mass is 230 g/mol. The van der Waals surface area contributed by atoms with Gasteiger partial charge in [0.15, 0.2) is 0 Å². The van der Waals surface area contributed by atoms with Gasteiger partial charge in [-0.05, 0) is 18.2 Å². The van der Waals surface area contributed by atoms with Gasteiger partial charge in [-0.15, -0.1) is 0 Å². The Bertz CT molecular complexity index is 608. The second-order valence-corrected chi connectivity index (χ2v) is 3.55. The third-order valence-corrected chi connectivity index (χ3v) is 2.31. The van der Waals surface area contributed by atoms with Crippen LogP contribution in [0.2, 0.25) is 0 Å². The highest BCUT2D eigenvalue weighted by molar-refractivity contribution is 6.08. The molecule has 2 aromatic rings. The fourth-order valence-corrected chi connectivity index (χ4v) is 1.65. The molecule has 0 aliphatic carbocycles. The molecule has 0 spiro atoms. The van der Waals surface area contributed by atoms with Gasteiger partial charge in [-0.1, -0.05) is 6.07 Å². The molecule has 0 saturated carbocycles. The minimum absolute atomic E-state index is 0.169. The molecule has 1 amide bonds. The van der Waals surface area contributed by atoms with Crippen LogP contribution in [-0.4, -0.2) is 22.0 Å². The summed E-state index contributed by atoms with van der Waals surface area (Å²) < 4.78 is 0. The Hall–Kier alpha value is -2.43. The SMILES string of the molecule is CC(=O)Nc1ccc(C(=O)O)c2cccnc12. The van der Waals surface area contributed by atoms with E-state index in [9.17, 15) is 9.59 Å². The molecule has 0 fully saturated rings. The van der Waals surface area contributed by atoms with E-state index in [0.717, 1.165) is 0 Å². The Morgan fingerprint density at radius 2 is 2.06 bits per heavy atom. The zero-order chi connectivity index (χ0) is 12.4. The third-order valence-electron chi connectivity index (χ3n) is 2.31. The zero-order valence-electron chi connectivity index (χ0n) is 9.10. The number of carboxylic acids is 1. The number of hydrogen-bond acceptors (Lipinski definition) is 3. The van der Waals surface area contributed by atoms with Crippen molar-refractivity contribution in [2.75, 3.05) is 5.32 Å². The van der Waals surface area contributed by atoms with E-state index < -0.39 is 5.97 Å². The highest BCUT2D eigenvalue weighted by Gasteiger charge is 2.12. The number of aromatic carboxylic acids is 1. The van der Waals surface area contributed by atoms with E-state index in [-0.39, 0.29) is 11.5 Å².